The molecule has 228 valence electrons. The Kier molecular flexibility index (Phi) is 30.4. The second kappa shape index (κ2) is 30.9. The molecule has 2 unspecified atom stereocenters. The third-order valence-electron chi connectivity index (χ3n) is 7.97. The molecule has 0 aliphatic rings. The molecule has 3 N–H and O–H groups in total. The Labute approximate surface area is 238 Å². The van der Waals surface area contributed by atoms with E-state index in [0.29, 0.717) is 12.8 Å². The summed E-state index contributed by atoms with van der Waals surface area (Å²) in [5, 5.41) is 23.0. The molecule has 0 aromatic carbocycles. The van der Waals surface area contributed by atoms with Crippen LogP contribution in [-0.2, 0) is 4.79 Å². The minimum atomic E-state index is -0.929. The van der Waals surface area contributed by atoms with Crippen molar-refractivity contribution >= 4 is 5.91 Å². The number of nitrogens with one attached hydrogen (secondary N) is 1. The average molecular weight is 540 g/mol. The fourth-order valence-electron chi connectivity index (χ4n) is 5.39. The molecule has 0 radical (unpaired) electrons. The molecule has 0 fully saturated rings. The maximum Gasteiger partial charge on any atom is 0.221 e. The normalized spacial score (nSPS) is 13.1. The van der Waals surface area contributed by atoms with Gasteiger partial charge in [-0.1, -0.05) is 174 Å². The zero-order valence-electron chi connectivity index (χ0n) is 26.0. The molecule has 38 heavy (non-hydrogen) atoms. The standard InChI is InChI=1S/C34H69NO3/c1-3-5-7-9-11-13-15-17-19-21-23-25-27-29-32(36)31-34(38)35-33(37)30-28-26-24-22-20-18-16-14-12-10-8-6-4-2/h32,34,36,38H,3-31H2,1-2H3,(H,35,37). The van der Waals surface area contributed by atoms with Crippen LogP contribution < -0.4 is 5.32 Å². The van der Waals surface area contributed by atoms with E-state index in [2.05, 4.69) is 19.2 Å². The molecular formula is C34H69NO3. The molecule has 0 spiro atoms. The van der Waals surface area contributed by atoms with Gasteiger partial charge in [-0.25, -0.2) is 0 Å². The second-order valence-electron chi connectivity index (χ2n) is 12.0. The summed E-state index contributed by atoms with van der Waals surface area (Å²) in [5.41, 5.74) is 0. The Morgan fingerprint density at radius 1 is 0.500 bits per heavy atom. The Morgan fingerprint density at radius 2 is 0.816 bits per heavy atom. The highest BCUT2D eigenvalue weighted by Crippen LogP contribution is 2.15. The predicted molar refractivity (Wildman–Crippen MR) is 165 cm³/mol. The van der Waals surface area contributed by atoms with Gasteiger partial charge in [-0.05, 0) is 12.8 Å². The topological polar surface area (TPSA) is 69.6 Å². The van der Waals surface area contributed by atoms with Crippen molar-refractivity contribution in [2.24, 2.45) is 0 Å². The van der Waals surface area contributed by atoms with Crippen LogP contribution in [0.4, 0.5) is 0 Å². The van der Waals surface area contributed by atoms with Crippen molar-refractivity contribution in [1.29, 1.82) is 0 Å². The van der Waals surface area contributed by atoms with E-state index in [1.165, 1.54) is 141 Å². The summed E-state index contributed by atoms with van der Waals surface area (Å²) in [6, 6.07) is 0. The van der Waals surface area contributed by atoms with E-state index >= 15 is 0 Å². The van der Waals surface area contributed by atoms with Crippen molar-refractivity contribution in [3.63, 3.8) is 0 Å². The first-order chi connectivity index (χ1) is 18.6. The summed E-state index contributed by atoms with van der Waals surface area (Å²) < 4.78 is 0. The minimum absolute atomic E-state index is 0.0891. The lowest BCUT2D eigenvalue weighted by Gasteiger charge is -2.17. The first-order valence-electron chi connectivity index (χ1n) is 17.3. The van der Waals surface area contributed by atoms with Crippen molar-refractivity contribution in [1.82, 2.24) is 5.32 Å². The van der Waals surface area contributed by atoms with E-state index in [4.69, 9.17) is 0 Å². The van der Waals surface area contributed by atoms with Crippen LogP contribution in [0.1, 0.15) is 200 Å². The molecule has 0 saturated carbocycles. The number of unbranched alkanes of at least 4 members (excludes halogenated alkanes) is 24. The molecule has 0 heterocycles. The van der Waals surface area contributed by atoms with Crippen molar-refractivity contribution in [3.05, 3.63) is 0 Å². The Balaban J connectivity index is 3.41. The molecule has 0 rings (SSSR count). The molecule has 0 aromatic heterocycles. The van der Waals surface area contributed by atoms with Crippen LogP contribution in [0, 0.1) is 0 Å². The van der Waals surface area contributed by atoms with Crippen LogP contribution >= 0.6 is 0 Å². The molecule has 0 bridgehead atoms. The number of aliphatic hydroxyl groups is 2. The molecule has 1 amide bonds. The molecule has 0 aromatic rings. The number of carbonyl (C=O) groups excluding carboxylic acids is 1. The van der Waals surface area contributed by atoms with Crippen LogP contribution in [0.2, 0.25) is 0 Å². The predicted octanol–water partition coefficient (Wildman–Crippen LogP) is 10.1. The largest absolute Gasteiger partial charge is 0.393 e. The highest BCUT2D eigenvalue weighted by atomic mass is 16.3. The van der Waals surface area contributed by atoms with Crippen LogP contribution in [0.5, 0.6) is 0 Å². The number of hydrogen-bond donors (Lipinski definition) is 3. The van der Waals surface area contributed by atoms with E-state index in [0.717, 1.165) is 25.7 Å². The van der Waals surface area contributed by atoms with Crippen LogP contribution in [0.25, 0.3) is 0 Å². The van der Waals surface area contributed by atoms with Crippen LogP contribution in [0.3, 0.4) is 0 Å². The first-order valence-corrected chi connectivity index (χ1v) is 17.3. The first kappa shape index (κ1) is 37.4. The summed E-state index contributed by atoms with van der Waals surface area (Å²) >= 11 is 0. The van der Waals surface area contributed by atoms with Gasteiger partial charge in [0.25, 0.3) is 0 Å². The zero-order chi connectivity index (χ0) is 27.9. The van der Waals surface area contributed by atoms with Gasteiger partial charge in [-0.15, -0.1) is 0 Å². The highest BCUT2D eigenvalue weighted by molar-refractivity contribution is 5.75. The molecule has 0 aliphatic heterocycles. The van der Waals surface area contributed by atoms with Gasteiger partial charge in [-0.3, -0.25) is 4.79 Å². The number of rotatable bonds is 31. The third kappa shape index (κ3) is 29.9. The quantitative estimate of drug-likeness (QED) is 0.0606. The van der Waals surface area contributed by atoms with Gasteiger partial charge >= 0.3 is 0 Å². The summed E-state index contributed by atoms with van der Waals surface area (Å²) in [7, 11) is 0. The molecule has 0 aliphatic carbocycles. The lowest BCUT2D eigenvalue weighted by molar-refractivity contribution is -0.124. The average Bonchev–Trinajstić information content (AvgIpc) is 2.89. The molecule has 4 nitrogen and oxygen atoms in total. The highest BCUT2D eigenvalue weighted by Gasteiger charge is 2.14. The van der Waals surface area contributed by atoms with Gasteiger partial charge < -0.3 is 15.5 Å². The second-order valence-corrected chi connectivity index (χ2v) is 12.0. The van der Waals surface area contributed by atoms with E-state index in [-0.39, 0.29) is 12.3 Å². The lowest BCUT2D eigenvalue weighted by atomic mass is 10.0. The third-order valence-corrected chi connectivity index (χ3v) is 7.97. The van der Waals surface area contributed by atoms with Crippen molar-refractivity contribution < 1.29 is 15.0 Å². The molecule has 0 saturated heterocycles. The monoisotopic (exact) mass is 540 g/mol. The molecule has 4 heteroatoms. The smallest absolute Gasteiger partial charge is 0.221 e. The van der Waals surface area contributed by atoms with E-state index in [1.807, 2.05) is 0 Å². The Bertz CT molecular complexity index is 471. The minimum Gasteiger partial charge on any atom is -0.393 e. The summed E-state index contributed by atoms with van der Waals surface area (Å²) in [6.45, 7) is 4.54. The van der Waals surface area contributed by atoms with E-state index in [1.54, 1.807) is 0 Å². The maximum absolute atomic E-state index is 12.1. The molecular weight excluding hydrogens is 470 g/mol. The number of carbonyl (C=O) groups is 1. The maximum atomic E-state index is 12.1. The van der Waals surface area contributed by atoms with Gasteiger partial charge in [0.2, 0.25) is 5.91 Å². The fourth-order valence-corrected chi connectivity index (χ4v) is 5.39. The van der Waals surface area contributed by atoms with Crippen molar-refractivity contribution in [2.45, 2.75) is 212 Å². The van der Waals surface area contributed by atoms with Gasteiger partial charge in [-0.2, -0.15) is 0 Å². The van der Waals surface area contributed by atoms with Crippen molar-refractivity contribution in [2.75, 3.05) is 0 Å². The molecule has 2 atom stereocenters. The number of hydrogen-bond acceptors (Lipinski definition) is 3. The zero-order valence-corrected chi connectivity index (χ0v) is 26.0. The lowest BCUT2D eigenvalue weighted by Crippen LogP contribution is -2.37. The van der Waals surface area contributed by atoms with E-state index < -0.39 is 12.3 Å². The summed E-state index contributed by atoms with van der Waals surface area (Å²) in [6.07, 6.45) is 33.9. The Hall–Kier alpha value is -0.610. The van der Waals surface area contributed by atoms with Crippen LogP contribution in [0.15, 0.2) is 0 Å². The summed E-state index contributed by atoms with van der Waals surface area (Å²) in [4.78, 5) is 12.1. The SMILES string of the molecule is CCCCCCCCCCCCCCCC(=O)NC(O)CC(O)CCCCCCCCCCCCCCC. The number of aliphatic hydroxyl groups excluding tert-OH is 2. The fraction of sp³-hybridized carbons (Fsp3) is 0.971. The van der Waals surface area contributed by atoms with Crippen LogP contribution in [-0.4, -0.2) is 28.5 Å². The van der Waals surface area contributed by atoms with Crippen molar-refractivity contribution in [3.8, 4) is 0 Å². The van der Waals surface area contributed by atoms with Gasteiger partial charge in [0, 0.05) is 12.8 Å². The van der Waals surface area contributed by atoms with E-state index in [9.17, 15) is 15.0 Å². The Morgan fingerprint density at radius 3 is 1.18 bits per heavy atom. The number of amides is 1. The van der Waals surface area contributed by atoms with Gasteiger partial charge in [0.1, 0.15) is 6.23 Å². The van der Waals surface area contributed by atoms with Gasteiger partial charge in [0.05, 0.1) is 6.10 Å². The summed E-state index contributed by atoms with van der Waals surface area (Å²) in [5.74, 6) is -0.0891. The van der Waals surface area contributed by atoms with Gasteiger partial charge in [0.15, 0.2) is 0 Å².